The van der Waals surface area contributed by atoms with Gasteiger partial charge in [0.2, 0.25) is 5.91 Å². The summed E-state index contributed by atoms with van der Waals surface area (Å²) in [5.41, 5.74) is 5.40. The number of nitrogens with one attached hydrogen (secondary N) is 1. The number of hydrogen-bond donors (Lipinski definition) is 2. The van der Waals surface area contributed by atoms with Gasteiger partial charge >= 0.3 is 6.01 Å². The van der Waals surface area contributed by atoms with Crippen LogP contribution in [0.5, 0.6) is 0 Å². The SMILES string of the molecule is Cc1noc(NC(=O)CCC(C)(C)N)n1. The number of hydrogen-bond acceptors (Lipinski definition) is 5. The number of nitrogens with zero attached hydrogens (tertiary/aromatic N) is 2. The van der Waals surface area contributed by atoms with E-state index < -0.39 is 0 Å². The zero-order valence-corrected chi connectivity index (χ0v) is 9.20. The second kappa shape index (κ2) is 4.39. The van der Waals surface area contributed by atoms with E-state index in [-0.39, 0.29) is 17.5 Å². The molecule has 0 unspecified atom stereocenters. The third kappa shape index (κ3) is 4.55. The lowest BCUT2D eigenvalue weighted by molar-refractivity contribution is -0.116. The van der Waals surface area contributed by atoms with Crippen molar-refractivity contribution in [3.8, 4) is 0 Å². The molecular weight excluding hydrogens is 196 g/mol. The lowest BCUT2D eigenvalue weighted by atomic mass is 10.00. The number of carbonyl (C=O) groups is 1. The monoisotopic (exact) mass is 212 g/mol. The molecule has 0 saturated heterocycles. The Balaban J connectivity index is 2.37. The highest BCUT2D eigenvalue weighted by Crippen LogP contribution is 2.09. The maximum absolute atomic E-state index is 11.4. The maximum atomic E-state index is 11.4. The van der Waals surface area contributed by atoms with Crippen LogP contribution in [0.1, 0.15) is 32.5 Å². The van der Waals surface area contributed by atoms with Crippen molar-refractivity contribution in [2.45, 2.75) is 39.2 Å². The van der Waals surface area contributed by atoms with Gasteiger partial charge in [-0.1, -0.05) is 5.16 Å². The molecule has 0 fully saturated rings. The van der Waals surface area contributed by atoms with Crippen LogP contribution in [0, 0.1) is 6.92 Å². The Morgan fingerprint density at radius 1 is 1.60 bits per heavy atom. The molecule has 1 aromatic heterocycles. The topological polar surface area (TPSA) is 94.0 Å². The van der Waals surface area contributed by atoms with Crippen molar-refractivity contribution in [3.63, 3.8) is 0 Å². The first-order chi connectivity index (χ1) is 6.87. The van der Waals surface area contributed by atoms with Crippen LogP contribution in [0.15, 0.2) is 4.52 Å². The smallest absolute Gasteiger partial charge is 0.326 e. The van der Waals surface area contributed by atoms with Gasteiger partial charge in [0, 0.05) is 12.0 Å². The number of rotatable bonds is 4. The average Bonchev–Trinajstić information content (AvgIpc) is 2.47. The van der Waals surface area contributed by atoms with Gasteiger partial charge in [-0.15, -0.1) is 0 Å². The van der Waals surface area contributed by atoms with Crippen molar-refractivity contribution in [1.82, 2.24) is 10.1 Å². The van der Waals surface area contributed by atoms with Crippen LogP contribution in [0.4, 0.5) is 6.01 Å². The summed E-state index contributed by atoms with van der Waals surface area (Å²) in [5, 5.41) is 6.05. The molecule has 0 saturated carbocycles. The summed E-state index contributed by atoms with van der Waals surface area (Å²) in [6, 6.07) is 0.132. The summed E-state index contributed by atoms with van der Waals surface area (Å²) in [5.74, 6) is 0.321. The minimum absolute atomic E-state index is 0.132. The summed E-state index contributed by atoms with van der Waals surface area (Å²) in [7, 11) is 0. The molecule has 1 heterocycles. The first-order valence-electron chi connectivity index (χ1n) is 4.76. The second-order valence-electron chi connectivity index (χ2n) is 4.18. The van der Waals surface area contributed by atoms with E-state index in [1.807, 2.05) is 13.8 Å². The molecule has 1 amide bonds. The predicted molar refractivity (Wildman–Crippen MR) is 55.2 cm³/mol. The van der Waals surface area contributed by atoms with Crippen LogP contribution in [0.2, 0.25) is 0 Å². The van der Waals surface area contributed by atoms with E-state index >= 15 is 0 Å². The number of nitrogens with two attached hydrogens (primary N) is 1. The Hall–Kier alpha value is -1.43. The molecule has 1 aromatic rings. The summed E-state index contributed by atoms with van der Waals surface area (Å²) in [6.45, 7) is 5.43. The van der Waals surface area contributed by atoms with Crippen LogP contribution < -0.4 is 11.1 Å². The molecule has 6 nitrogen and oxygen atoms in total. The Labute approximate surface area is 88.2 Å². The Kier molecular flexibility index (Phi) is 3.41. The molecule has 0 aliphatic carbocycles. The van der Waals surface area contributed by atoms with Crippen molar-refractivity contribution in [2.75, 3.05) is 5.32 Å². The predicted octanol–water partition coefficient (Wildman–Crippen LogP) is 0.834. The molecule has 0 spiro atoms. The van der Waals surface area contributed by atoms with E-state index in [1.165, 1.54) is 0 Å². The van der Waals surface area contributed by atoms with Gasteiger partial charge in [-0.3, -0.25) is 10.1 Å². The van der Waals surface area contributed by atoms with Crippen LogP contribution in [-0.2, 0) is 4.79 Å². The highest BCUT2D eigenvalue weighted by Gasteiger charge is 2.14. The van der Waals surface area contributed by atoms with Crippen LogP contribution >= 0.6 is 0 Å². The number of anilines is 1. The van der Waals surface area contributed by atoms with Gasteiger partial charge in [0.1, 0.15) is 0 Å². The summed E-state index contributed by atoms with van der Waals surface area (Å²) in [6.07, 6.45) is 0.941. The number of amides is 1. The van der Waals surface area contributed by atoms with Crippen molar-refractivity contribution < 1.29 is 9.32 Å². The first kappa shape index (κ1) is 11.6. The highest BCUT2D eigenvalue weighted by atomic mass is 16.5. The van der Waals surface area contributed by atoms with E-state index in [0.717, 1.165) is 0 Å². The van der Waals surface area contributed by atoms with Crippen molar-refractivity contribution in [2.24, 2.45) is 5.73 Å². The fourth-order valence-electron chi connectivity index (χ4n) is 0.965. The lowest BCUT2D eigenvalue weighted by Gasteiger charge is -2.16. The van der Waals surface area contributed by atoms with E-state index in [2.05, 4.69) is 15.5 Å². The second-order valence-corrected chi connectivity index (χ2v) is 4.18. The van der Waals surface area contributed by atoms with Crippen molar-refractivity contribution in [1.29, 1.82) is 0 Å². The van der Waals surface area contributed by atoms with Gasteiger partial charge in [0.15, 0.2) is 5.82 Å². The normalized spacial score (nSPS) is 11.5. The molecule has 1 rings (SSSR count). The summed E-state index contributed by atoms with van der Waals surface area (Å²) >= 11 is 0. The van der Waals surface area contributed by atoms with E-state index in [0.29, 0.717) is 18.7 Å². The van der Waals surface area contributed by atoms with Gasteiger partial charge in [-0.25, -0.2) is 0 Å². The Morgan fingerprint density at radius 2 is 2.27 bits per heavy atom. The standard InChI is InChI=1S/C9H16N4O2/c1-6-11-8(15-13-6)12-7(14)4-5-9(2,3)10/h4-5,10H2,1-3H3,(H,11,12,13,14). The van der Waals surface area contributed by atoms with Gasteiger partial charge in [-0.2, -0.15) is 4.98 Å². The quantitative estimate of drug-likeness (QED) is 0.771. The lowest BCUT2D eigenvalue weighted by Crippen LogP contribution is -2.33. The molecule has 6 heteroatoms. The zero-order chi connectivity index (χ0) is 11.5. The fraction of sp³-hybridized carbons (Fsp3) is 0.667. The molecule has 3 N–H and O–H groups in total. The number of aromatic nitrogens is 2. The molecule has 0 bridgehead atoms. The fourth-order valence-corrected chi connectivity index (χ4v) is 0.965. The molecule has 0 aliphatic rings. The molecular formula is C9H16N4O2. The van der Waals surface area contributed by atoms with Gasteiger partial charge < -0.3 is 10.3 Å². The third-order valence-corrected chi connectivity index (χ3v) is 1.77. The van der Waals surface area contributed by atoms with Gasteiger partial charge in [-0.05, 0) is 27.2 Å². The zero-order valence-electron chi connectivity index (χ0n) is 9.20. The van der Waals surface area contributed by atoms with Crippen LogP contribution in [0.25, 0.3) is 0 Å². The molecule has 84 valence electrons. The molecule has 0 aliphatic heterocycles. The van der Waals surface area contributed by atoms with Crippen LogP contribution in [0.3, 0.4) is 0 Å². The Morgan fingerprint density at radius 3 is 2.73 bits per heavy atom. The minimum Gasteiger partial charge on any atom is -0.326 e. The minimum atomic E-state index is -0.345. The summed E-state index contributed by atoms with van der Waals surface area (Å²) in [4.78, 5) is 15.2. The van der Waals surface area contributed by atoms with E-state index in [9.17, 15) is 4.79 Å². The van der Waals surface area contributed by atoms with Crippen LogP contribution in [-0.4, -0.2) is 21.6 Å². The molecule has 15 heavy (non-hydrogen) atoms. The van der Waals surface area contributed by atoms with Gasteiger partial charge in [0.05, 0.1) is 0 Å². The number of carbonyl (C=O) groups excluding carboxylic acids is 1. The van der Waals surface area contributed by atoms with E-state index in [4.69, 9.17) is 10.3 Å². The van der Waals surface area contributed by atoms with Crippen molar-refractivity contribution in [3.05, 3.63) is 5.82 Å². The Bertz CT molecular complexity index is 340. The molecule has 0 radical (unpaired) electrons. The van der Waals surface area contributed by atoms with E-state index in [1.54, 1.807) is 6.92 Å². The van der Waals surface area contributed by atoms with Crippen molar-refractivity contribution >= 4 is 11.9 Å². The average molecular weight is 212 g/mol. The summed E-state index contributed by atoms with van der Waals surface area (Å²) < 4.78 is 4.74. The molecule has 0 atom stereocenters. The maximum Gasteiger partial charge on any atom is 0.328 e. The largest absolute Gasteiger partial charge is 0.328 e. The highest BCUT2D eigenvalue weighted by molar-refractivity contribution is 5.88. The van der Waals surface area contributed by atoms with Gasteiger partial charge in [0.25, 0.3) is 0 Å². The first-order valence-corrected chi connectivity index (χ1v) is 4.76. The molecule has 0 aromatic carbocycles. The third-order valence-electron chi connectivity index (χ3n) is 1.77. The number of aryl methyl sites for hydroxylation is 1.